The van der Waals surface area contributed by atoms with Gasteiger partial charge >= 0.3 is 6.09 Å². The van der Waals surface area contributed by atoms with Crippen LogP contribution in [-0.2, 0) is 20.7 Å². The maximum absolute atomic E-state index is 14.1. The number of nitrogens with zero attached hydrogens (tertiary/aromatic N) is 3. The monoisotopic (exact) mass is 567 g/mol. The first kappa shape index (κ1) is 29.3. The summed E-state index contributed by atoms with van der Waals surface area (Å²) in [5, 5.41) is 2.90. The summed E-state index contributed by atoms with van der Waals surface area (Å²) >= 11 is 0. The summed E-state index contributed by atoms with van der Waals surface area (Å²) in [6, 6.07) is -1.54. The van der Waals surface area contributed by atoms with Crippen LogP contribution < -0.4 is 15.8 Å². The highest BCUT2D eigenvalue weighted by atomic mass is 16.6. The van der Waals surface area contributed by atoms with E-state index in [0.717, 1.165) is 37.8 Å². The van der Waals surface area contributed by atoms with E-state index < -0.39 is 29.7 Å². The summed E-state index contributed by atoms with van der Waals surface area (Å²) < 4.78 is 12.5. The van der Waals surface area contributed by atoms with Crippen molar-refractivity contribution < 1.29 is 23.9 Å². The van der Waals surface area contributed by atoms with Crippen molar-refractivity contribution in [1.29, 1.82) is 0 Å². The molecule has 4 aliphatic rings. The molecule has 1 aromatic heterocycles. The van der Waals surface area contributed by atoms with Gasteiger partial charge in [0, 0.05) is 5.92 Å². The first-order valence-electron chi connectivity index (χ1n) is 15.2. The van der Waals surface area contributed by atoms with Gasteiger partial charge < -0.3 is 25.4 Å². The SMILES string of the molecule is CC(=O)[C@@H]1[C@H](C)[C@@H]2CN1C(=O)[C@H](C(C)(C)C)NC(=O)O[C@@H]1CC3CC3[C@H]1CCCCCc1nc(C=CN)ncc1O2. The number of rotatable bonds is 2. The minimum absolute atomic E-state index is 0.119. The van der Waals surface area contributed by atoms with E-state index in [0.29, 0.717) is 35.7 Å². The number of fused-ring (bicyclic) bond motifs is 6. The van der Waals surface area contributed by atoms with Crippen LogP contribution in [0.15, 0.2) is 12.4 Å². The molecule has 10 nitrogen and oxygen atoms in total. The van der Waals surface area contributed by atoms with Crippen LogP contribution in [-0.4, -0.2) is 63.5 Å². The van der Waals surface area contributed by atoms with Crippen molar-refractivity contribution in [1.82, 2.24) is 20.2 Å². The average molecular weight is 568 g/mol. The second-order valence-electron chi connectivity index (χ2n) is 13.5. The molecular formula is C31H45N5O5. The summed E-state index contributed by atoms with van der Waals surface area (Å²) in [6.45, 7) is 9.37. The predicted molar refractivity (Wildman–Crippen MR) is 154 cm³/mol. The summed E-state index contributed by atoms with van der Waals surface area (Å²) in [5.74, 6) is 2.02. The lowest BCUT2D eigenvalue weighted by atomic mass is 9.85. The number of nitrogens with one attached hydrogen (secondary N) is 1. The zero-order valence-electron chi connectivity index (χ0n) is 25.0. The Morgan fingerprint density at radius 3 is 2.61 bits per heavy atom. The average Bonchev–Trinajstić information content (AvgIpc) is 3.46. The van der Waals surface area contributed by atoms with Crippen LogP contribution in [0.5, 0.6) is 5.75 Å². The molecule has 2 aliphatic carbocycles. The van der Waals surface area contributed by atoms with Crippen molar-refractivity contribution in [3.63, 3.8) is 0 Å². The number of ketones is 1. The Morgan fingerprint density at radius 1 is 1.12 bits per heavy atom. The van der Waals surface area contributed by atoms with E-state index in [4.69, 9.17) is 20.2 Å². The molecule has 8 atom stereocenters. The van der Waals surface area contributed by atoms with Gasteiger partial charge in [0.25, 0.3) is 0 Å². The van der Waals surface area contributed by atoms with Gasteiger partial charge in [-0.1, -0.05) is 40.5 Å². The van der Waals surface area contributed by atoms with Crippen LogP contribution in [0.2, 0.25) is 0 Å². The number of amides is 2. The number of aromatic nitrogens is 2. The maximum Gasteiger partial charge on any atom is 0.408 e. The normalized spacial score (nSPS) is 34.4. The summed E-state index contributed by atoms with van der Waals surface area (Å²) in [6.07, 6.45) is 10.5. The molecule has 2 bridgehead atoms. The first-order valence-corrected chi connectivity index (χ1v) is 15.2. The minimum Gasteiger partial charge on any atom is -0.485 e. The standard InChI is InChI=1S/C31H45N5O5/c1-17-25-16-36(27(17)18(2)37)29(38)28(31(3,4)5)35-30(39)41-23-14-19-13-21(19)20(23)9-7-6-8-10-22-24(40-25)15-33-26(34-22)11-12-32/h11-12,15,17,19-21,23,25,27-28H,6-10,13-14,16,32H2,1-5H3,(H,35,39)/t17-,19?,20-,21?,23-,25+,27+,28-/m1/s1. The fourth-order valence-corrected chi connectivity index (χ4v) is 7.25. The Morgan fingerprint density at radius 2 is 1.90 bits per heavy atom. The van der Waals surface area contributed by atoms with Gasteiger partial charge in [0.2, 0.25) is 5.91 Å². The van der Waals surface area contributed by atoms with Gasteiger partial charge in [-0.05, 0) is 74.5 Å². The molecule has 2 amide bonds. The van der Waals surface area contributed by atoms with Gasteiger partial charge in [0.15, 0.2) is 17.4 Å². The number of alkyl carbamates (subject to hydrolysis) is 1. The number of aryl methyl sites for hydroxylation is 1. The van der Waals surface area contributed by atoms with Crippen LogP contribution in [0.1, 0.15) is 84.7 Å². The Kier molecular flexibility index (Phi) is 8.30. The number of carbonyl (C=O) groups excluding carboxylic acids is 3. The highest BCUT2D eigenvalue weighted by molar-refractivity contribution is 5.92. The number of hydrogen-bond acceptors (Lipinski definition) is 8. The third-order valence-electron chi connectivity index (χ3n) is 9.49. The fourth-order valence-electron chi connectivity index (χ4n) is 7.25. The lowest BCUT2D eigenvalue weighted by Crippen LogP contribution is -2.57. The van der Waals surface area contributed by atoms with Gasteiger partial charge in [-0.3, -0.25) is 9.59 Å². The number of hydrogen-bond donors (Lipinski definition) is 2. The molecule has 3 fully saturated rings. The van der Waals surface area contributed by atoms with Crippen molar-refractivity contribution in [2.45, 2.75) is 104 Å². The molecule has 0 spiro atoms. The molecular weight excluding hydrogens is 522 g/mol. The van der Waals surface area contributed by atoms with E-state index in [9.17, 15) is 14.4 Å². The lowest BCUT2D eigenvalue weighted by Gasteiger charge is -2.35. The number of ether oxygens (including phenoxy) is 2. The molecule has 41 heavy (non-hydrogen) atoms. The van der Waals surface area contributed by atoms with Gasteiger partial charge in [-0.2, -0.15) is 0 Å². The third-order valence-corrected chi connectivity index (χ3v) is 9.49. The number of nitrogens with two attached hydrogens (primary N) is 1. The summed E-state index contributed by atoms with van der Waals surface area (Å²) in [4.78, 5) is 50.9. The van der Waals surface area contributed by atoms with Gasteiger partial charge in [-0.25, -0.2) is 14.8 Å². The quantitative estimate of drug-likeness (QED) is 0.550. The largest absolute Gasteiger partial charge is 0.485 e. The van der Waals surface area contributed by atoms with Gasteiger partial charge in [0.1, 0.15) is 18.2 Å². The molecule has 2 saturated carbocycles. The Labute approximate surface area is 242 Å². The molecule has 1 aromatic rings. The van der Waals surface area contributed by atoms with Crippen LogP contribution in [0.25, 0.3) is 6.08 Å². The van der Waals surface area contributed by atoms with E-state index in [1.54, 1.807) is 17.2 Å². The zero-order chi connectivity index (χ0) is 29.5. The van der Waals surface area contributed by atoms with Crippen molar-refractivity contribution >= 4 is 23.9 Å². The second kappa shape index (κ2) is 11.6. The topological polar surface area (TPSA) is 137 Å². The third kappa shape index (κ3) is 6.21. The van der Waals surface area contributed by atoms with Crippen LogP contribution >= 0.6 is 0 Å². The summed E-state index contributed by atoms with van der Waals surface area (Å²) in [7, 11) is 0. The molecule has 2 unspecified atom stereocenters. The van der Waals surface area contributed by atoms with E-state index in [2.05, 4.69) is 10.3 Å². The molecule has 224 valence electrons. The van der Waals surface area contributed by atoms with Crippen molar-refractivity contribution in [2.75, 3.05) is 6.54 Å². The van der Waals surface area contributed by atoms with Gasteiger partial charge in [-0.15, -0.1) is 0 Å². The molecule has 1 saturated heterocycles. The van der Waals surface area contributed by atoms with E-state index >= 15 is 0 Å². The molecule has 10 heteroatoms. The van der Waals surface area contributed by atoms with Crippen LogP contribution in [0.3, 0.4) is 0 Å². The molecule has 3 N–H and O–H groups in total. The molecule has 0 aromatic carbocycles. The van der Waals surface area contributed by atoms with E-state index in [1.807, 2.05) is 27.7 Å². The van der Waals surface area contributed by atoms with Gasteiger partial charge in [0.05, 0.1) is 24.5 Å². The van der Waals surface area contributed by atoms with E-state index in [1.165, 1.54) is 19.5 Å². The van der Waals surface area contributed by atoms with Crippen LogP contribution in [0.4, 0.5) is 4.79 Å². The first-order chi connectivity index (χ1) is 19.5. The zero-order valence-corrected chi connectivity index (χ0v) is 25.0. The number of Topliss-reactive ketones (excluding diaryl/α,β-unsaturated/α-hetero) is 1. The highest BCUT2D eigenvalue weighted by Gasteiger charge is 2.55. The van der Waals surface area contributed by atoms with Crippen molar-refractivity contribution in [3.05, 3.63) is 23.9 Å². The second-order valence-corrected chi connectivity index (χ2v) is 13.5. The van der Waals surface area contributed by atoms with E-state index in [-0.39, 0.29) is 30.3 Å². The number of carbonyl (C=O) groups is 3. The van der Waals surface area contributed by atoms with Crippen molar-refractivity contribution in [3.8, 4) is 5.75 Å². The maximum atomic E-state index is 14.1. The Hall–Kier alpha value is -3.17. The fraction of sp³-hybridized carbons (Fsp3) is 0.710. The molecule has 3 heterocycles. The molecule has 5 rings (SSSR count). The minimum atomic E-state index is -0.864. The smallest absolute Gasteiger partial charge is 0.408 e. The van der Waals surface area contributed by atoms with Crippen molar-refractivity contribution in [2.24, 2.45) is 34.8 Å². The molecule has 2 aliphatic heterocycles. The Balaban J connectivity index is 1.47. The summed E-state index contributed by atoms with van der Waals surface area (Å²) in [5.41, 5.74) is 5.79. The van der Waals surface area contributed by atoms with Crippen LogP contribution in [0, 0.1) is 29.1 Å². The Bertz CT molecular complexity index is 1200. The highest BCUT2D eigenvalue weighted by Crippen LogP contribution is 2.57. The molecule has 0 radical (unpaired) electrons. The lowest BCUT2D eigenvalue weighted by molar-refractivity contribution is -0.141. The predicted octanol–water partition coefficient (Wildman–Crippen LogP) is 3.87.